The Bertz CT molecular complexity index is 742. The van der Waals surface area contributed by atoms with Gasteiger partial charge in [0.25, 0.3) is 5.91 Å². The van der Waals surface area contributed by atoms with Crippen molar-refractivity contribution in [2.45, 2.75) is 19.9 Å². The van der Waals surface area contributed by atoms with Crippen molar-refractivity contribution < 1.29 is 23.8 Å². The van der Waals surface area contributed by atoms with E-state index in [1.165, 1.54) is 14.2 Å². The van der Waals surface area contributed by atoms with E-state index < -0.39 is 0 Å². The maximum atomic E-state index is 13.1. The average molecular weight is 372 g/mol. The zero-order chi connectivity index (χ0) is 19.6. The lowest BCUT2D eigenvalue weighted by Crippen LogP contribution is -2.33. The molecule has 0 aliphatic rings. The van der Waals surface area contributed by atoms with Crippen molar-refractivity contribution in [1.82, 2.24) is 9.88 Å². The Morgan fingerprint density at radius 1 is 1.07 bits per heavy atom. The van der Waals surface area contributed by atoms with Gasteiger partial charge in [0.1, 0.15) is 11.5 Å². The van der Waals surface area contributed by atoms with Crippen LogP contribution in [0.5, 0.6) is 11.5 Å². The predicted molar refractivity (Wildman–Crippen MR) is 99.8 cm³/mol. The van der Waals surface area contributed by atoms with Gasteiger partial charge in [-0.05, 0) is 31.2 Å². The fraction of sp³-hybridized carbons (Fsp3) is 0.350. The standard InChI is InChI=1S/C20H24N2O5/c1-4-27-19(23)8-10-22(14-16-7-5-6-9-21-16)20(24)15-11-17(25-2)13-18(12-15)26-3/h5-7,9,11-13H,4,8,10,14H2,1-3H3. The van der Waals surface area contributed by atoms with Crippen molar-refractivity contribution in [2.75, 3.05) is 27.4 Å². The summed E-state index contributed by atoms with van der Waals surface area (Å²) in [5.74, 6) is 0.434. The quantitative estimate of drug-likeness (QED) is 0.630. The van der Waals surface area contributed by atoms with E-state index in [0.717, 1.165) is 5.69 Å². The van der Waals surface area contributed by atoms with Crippen LogP contribution in [0.25, 0.3) is 0 Å². The molecular weight excluding hydrogens is 348 g/mol. The lowest BCUT2D eigenvalue weighted by atomic mass is 10.1. The van der Waals surface area contributed by atoms with Crippen LogP contribution in [0.15, 0.2) is 42.6 Å². The van der Waals surface area contributed by atoms with Crippen LogP contribution in [-0.2, 0) is 16.1 Å². The SMILES string of the molecule is CCOC(=O)CCN(Cc1ccccn1)C(=O)c1cc(OC)cc(OC)c1. The van der Waals surface area contributed by atoms with Gasteiger partial charge in [-0.1, -0.05) is 6.07 Å². The third kappa shape index (κ3) is 5.99. The van der Waals surface area contributed by atoms with Crippen LogP contribution in [0.2, 0.25) is 0 Å². The number of pyridine rings is 1. The van der Waals surface area contributed by atoms with Gasteiger partial charge < -0.3 is 19.1 Å². The van der Waals surface area contributed by atoms with Crippen LogP contribution in [0.3, 0.4) is 0 Å². The molecular formula is C20H24N2O5. The molecule has 0 saturated heterocycles. The van der Waals surface area contributed by atoms with Gasteiger partial charge >= 0.3 is 5.97 Å². The molecule has 0 atom stereocenters. The number of hydrogen-bond donors (Lipinski definition) is 0. The number of esters is 1. The topological polar surface area (TPSA) is 78.0 Å². The molecule has 0 N–H and O–H groups in total. The molecule has 0 aliphatic heterocycles. The number of aromatic nitrogens is 1. The van der Waals surface area contributed by atoms with Crippen LogP contribution in [-0.4, -0.2) is 49.1 Å². The van der Waals surface area contributed by atoms with E-state index in [-0.39, 0.29) is 31.4 Å². The molecule has 27 heavy (non-hydrogen) atoms. The predicted octanol–water partition coefficient (Wildman–Crippen LogP) is 2.69. The number of methoxy groups -OCH3 is 2. The maximum absolute atomic E-state index is 13.1. The fourth-order valence-electron chi connectivity index (χ4n) is 2.51. The summed E-state index contributed by atoms with van der Waals surface area (Å²) in [6.45, 7) is 2.55. The first kappa shape index (κ1) is 20.2. The second-order valence-corrected chi connectivity index (χ2v) is 5.70. The first-order valence-electron chi connectivity index (χ1n) is 8.65. The minimum atomic E-state index is -0.348. The van der Waals surface area contributed by atoms with Crippen molar-refractivity contribution in [3.63, 3.8) is 0 Å². The van der Waals surface area contributed by atoms with Crippen molar-refractivity contribution >= 4 is 11.9 Å². The number of hydrogen-bond acceptors (Lipinski definition) is 6. The highest BCUT2D eigenvalue weighted by molar-refractivity contribution is 5.95. The molecule has 0 aliphatic carbocycles. The van der Waals surface area contributed by atoms with E-state index in [2.05, 4.69) is 4.98 Å². The van der Waals surface area contributed by atoms with Crippen molar-refractivity contribution in [3.05, 3.63) is 53.9 Å². The van der Waals surface area contributed by atoms with Gasteiger partial charge in [-0.3, -0.25) is 14.6 Å². The lowest BCUT2D eigenvalue weighted by Gasteiger charge is -2.22. The summed E-state index contributed by atoms with van der Waals surface area (Å²) in [7, 11) is 3.05. The molecule has 7 nitrogen and oxygen atoms in total. The van der Waals surface area contributed by atoms with Gasteiger partial charge in [-0.15, -0.1) is 0 Å². The van der Waals surface area contributed by atoms with E-state index in [1.54, 1.807) is 42.3 Å². The Hall–Kier alpha value is -3.09. The van der Waals surface area contributed by atoms with Gasteiger partial charge in [-0.25, -0.2) is 0 Å². The molecule has 0 spiro atoms. The van der Waals surface area contributed by atoms with Gasteiger partial charge in [0.15, 0.2) is 0 Å². The molecule has 0 bridgehead atoms. The molecule has 2 rings (SSSR count). The van der Waals surface area contributed by atoms with E-state index >= 15 is 0 Å². The van der Waals surface area contributed by atoms with Crippen molar-refractivity contribution in [3.8, 4) is 11.5 Å². The summed E-state index contributed by atoms with van der Waals surface area (Å²) in [5.41, 5.74) is 1.13. The Morgan fingerprint density at radius 3 is 2.33 bits per heavy atom. The number of rotatable bonds is 9. The molecule has 0 radical (unpaired) electrons. The van der Waals surface area contributed by atoms with Crippen molar-refractivity contribution in [2.24, 2.45) is 0 Å². The van der Waals surface area contributed by atoms with Gasteiger partial charge in [0.2, 0.25) is 0 Å². The van der Waals surface area contributed by atoms with Crippen LogP contribution in [0.1, 0.15) is 29.4 Å². The second kappa shape index (κ2) is 10.2. The van der Waals surface area contributed by atoms with Gasteiger partial charge in [0, 0.05) is 24.4 Å². The highest BCUT2D eigenvalue weighted by Crippen LogP contribution is 2.24. The smallest absolute Gasteiger partial charge is 0.307 e. The minimum Gasteiger partial charge on any atom is -0.497 e. The highest BCUT2D eigenvalue weighted by atomic mass is 16.5. The fourth-order valence-corrected chi connectivity index (χ4v) is 2.51. The Kier molecular flexibility index (Phi) is 7.61. The molecule has 7 heteroatoms. The number of carbonyl (C=O) groups excluding carboxylic acids is 2. The zero-order valence-corrected chi connectivity index (χ0v) is 15.8. The highest BCUT2D eigenvalue weighted by Gasteiger charge is 2.20. The second-order valence-electron chi connectivity index (χ2n) is 5.70. The molecule has 1 aromatic carbocycles. The first-order valence-corrected chi connectivity index (χ1v) is 8.65. The molecule has 1 amide bonds. The molecule has 144 valence electrons. The minimum absolute atomic E-state index is 0.105. The summed E-state index contributed by atoms with van der Waals surface area (Å²) in [4.78, 5) is 30.7. The molecule has 2 aromatic rings. The van der Waals surface area contributed by atoms with E-state index in [1.807, 2.05) is 12.1 Å². The third-order valence-electron chi connectivity index (χ3n) is 3.86. The van der Waals surface area contributed by atoms with Gasteiger partial charge in [-0.2, -0.15) is 0 Å². The number of nitrogens with zero attached hydrogens (tertiary/aromatic N) is 2. The van der Waals surface area contributed by atoms with E-state index in [9.17, 15) is 9.59 Å². The Labute approximate surface area is 158 Å². The molecule has 0 unspecified atom stereocenters. The summed E-state index contributed by atoms with van der Waals surface area (Å²) in [6, 6.07) is 10.5. The number of benzene rings is 1. The summed E-state index contributed by atoms with van der Waals surface area (Å²) in [5, 5.41) is 0. The van der Waals surface area contributed by atoms with Crippen molar-refractivity contribution in [1.29, 1.82) is 0 Å². The molecule has 0 saturated carbocycles. The molecule has 0 fully saturated rings. The van der Waals surface area contributed by atoms with Crippen LogP contribution in [0.4, 0.5) is 0 Å². The van der Waals surface area contributed by atoms with Crippen LogP contribution in [0, 0.1) is 0 Å². The zero-order valence-electron chi connectivity index (χ0n) is 15.8. The van der Waals surface area contributed by atoms with Crippen LogP contribution >= 0.6 is 0 Å². The maximum Gasteiger partial charge on any atom is 0.307 e. The number of ether oxygens (including phenoxy) is 3. The summed E-state index contributed by atoms with van der Waals surface area (Å²) >= 11 is 0. The normalized spacial score (nSPS) is 10.2. The number of carbonyl (C=O) groups is 2. The molecule has 1 aromatic heterocycles. The largest absolute Gasteiger partial charge is 0.497 e. The third-order valence-corrected chi connectivity index (χ3v) is 3.86. The Balaban J connectivity index is 2.25. The van der Waals surface area contributed by atoms with Gasteiger partial charge in [0.05, 0.1) is 39.5 Å². The summed E-state index contributed by atoms with van der Waals surface area (Å²) < 4.78 is 15.4. The number of amides is 1. The molecule has 1 heterocycles. The average Bonchev–Trinajstić information content (AvgIpc) is 2.71. The Morgan fingerprint density at radius 2 is 1.78 bits per heavy atom. The van der Waals surface area contributed by atoms with E-state index in [0.29, 0.717) is 23.7 Å². The first-order chi connectivity index (χ1) is 13.1. The summed E-state index contributed by atoms with van der Waals surface area (Å²) in [6.07, 6.45) is 1.77. The van der Waals surface area contributed by atoms with E-state index in [4.69, 9.17) is 14.2 Å². The lowest BCUT2D eigenvalue weighted by molar-refractivity contribution is -0.143. The monoisotopic (exact) mass is 372 g/mol. The van der Waals surface area contributed by atoms with Crippen LogP contribution < -0.4 is 9.47 Å².